The number of anilines is 1. The van der Waals surface area contributed by atoms with E-state index in [1.165, 1.54) is 6.07 Å². The molecule has 21 heavy (non-hydrogen) atoms. The maximum Gasteiger partial charge on any atom is 0.293 e. The number of nitrogens with one attached hydrogen (secondary N) is 1. The molecule has 1 unspecified atom stereocenters. The van der Waals surface area contributed by atoms with E-state index in [-0.39, 0.29) is 21.0 Å². The molecule has 0 aliphatic heterocycles. The highest BCUT2D eigenvalue weighted by Crippen LogP contribution is 2.31. The van der Waals surface area contributed by atoms with Crippen molar-refractivity contribution < 1.29 is 9.31 Å². The van der Waals surface area contributed by atoms with E-state index < -0.39 is 10.7 Å². The Balaban J connectivity index is 2.34. The van der Waals surface area contributed by atoms with Crippen LogP contribution in [-0.4, -0.2) is 4.92 Å². The van der Waals surface area contributed by atoms with Crippen LogP contribution in [0.15, 0.2) is 36.4 Å². The van der Waals surface area contributed by atoms with Crippen molar-refractivity contribution in [2.75, 3.05) is 5.32 Å². The number of rotatable bonds is 4. The van der Waals surface area contributed by atoms with Gasteiger partial charge in [0.1, 0.15) is 11.5 Å². The third kappa shape index (κ3) is 3.82. The quantitative estimate of drug-likeness (QED) is 0.422. The first-order valence-electron chi connectivity index (χ1n) is 6.04. The van der Waals surface area contributed by atoms with Crippen LogP contribution in [0, 0.1) is 19.5 Å². The summed E-state index contributed by atoms with van der Waals surface area (Å²) in [4.78, 5) is 10.5. The van der Waals surface area contributed by atoms with Gasteiger partial charge in [0, 0.05) is 23.2 Å². The molecule has 0 aliphatic carbocycles. The Morgan fingerprint density at radius 2 is 2.10 bits per heavy atom. The molecular formula is C14H11ClFIN2O2. The van der Waals surface area contributed by atoms with Crippen LogP contribution in [0.4, 0.5) is 15.8 Å². The van der Waals surface area contributed by atoms with Crippen LogP contribution in [0.5, 0.6) is 0 Å². The fraction of sp³-hybridized carbons (Fsp3) is 0.143. The molecule has 0 amide bonds. The second-order valence-electron chi connectivity index (χ2n) is 4.46. The average Bonchev–Trinajstić information content (AvgIpc) is 2.42. The smallest absolute Gasteiger partial charge is 0.293 e. The molecule has 0 aromatic heterocycles. The maximum absolute atomic E-state index is 13.6. The molecule has 0 saturated heterocycles. The van der Waals surface area contributed by atoms with Gasteiger partial charge < -0.3 is 5.32 Å². The predicted octanol–water partition coefficient (Wildman–Crippen LogP) is 5.17. The van der Waals surface area contributed by atoms with E-state index in [2.05, 4.69) is 5.32 Å². The maximum atomic E-state index is 13.6. The highest BCUT2D eigenvalue weighted by molar-refractivity contribution is 14.1. The topological polar surface area (TPSA) is 55.2 Å². The van der Waals surface area contributed by atoms with Gasteiger partial charge in [0.2, 0.25) is 0 Å². The Morgan fingerprint density at radius 3 is 2.71 bits per heavy atom. The average molecular weight is 421 g/mol. The van der Waals surface area contributed by atoms with Gasteiger partial charge in [0.15, 0.2) is 0 Å². The highest BCUT2D eigenvalue weighted by atomic mass is 127. The van der Waals surface area contributed by atoms with E-state index in [9.17, 15) is 14.5 Å². The molecule has 0 radical (unpaired) electrons. The van der Waals surface area contributed by atoms with Crippen LogP contribution in [0.2, 0.25) is 5.02 Å². The molecular weight excluding hydrogens is 410 g/mol. The minimum Gasteiger partial charge on any atom is -0.373 e. The van der Waals surface area contributed by atoms with E-state index in [0.717, 1.165) is 11.6 Å². The molecule has 0 aliphatic rings. The normalized spacial score (nSPS) is 12.0. The first kappa shape index (κ1) is 16.0. The fourth-order valence-corrected chi connectivity index (χ4v) is 2.54. The summed E-state index contributed by atoms with van der Waals surface area (Å²) >= 11 is 7.65. The Kier molecular flexibility index (Phi) is 5.00. The van der Waals surface area contributed by atoms with Crippen LogP contribution in [0.1, 0.15) is 18.5 Å². The summed E-state index contributed by atoms with van der Waals surface area (Å²) in [7, 11) is 0. The van der Waals surface area contributed by atoms with E-state index in [1.54, 1.807) is 40.8 Å². The van der Waals surface area contributed by atoms with E-state index in [1.807, 2.05) is 13.0 Å². The summed E-state index contributed by atoms with van der Waals surface area (Å²) in [6.07, 6.45) is 0. The number of hydrogen-bond donors (Lipinski definition) is 1. The Bertz CT molecular complexity index is 697. The largest absolute Gasteiger partial charge is 0.373 e. The number of halogens is 3. The summed E-state index contributed by atoms with van der Waals surface area (Å²) in [5.41, 5.74) is 0.843. The second kappa shape index (κ2) is 6.57. The van der Waals surface area contributed by atoms with Gasteiger partial charge in [0.05, 0.1) is 8.49 Å². The van der Waals surface area contributed by atoms with Gasteiger partial charge in [-0.05, 0) is 47.2 Å². The second-order valence-corrected chi connectivity index (χ2v) is 6.06. The van der Waals surface area contributed by atoms with Gasteiger partial charge in [-0.1, -0.05) is 23.7 Å². The van der Waals surface area contributed by atoms with Crippen molar-refractivity contribution in [2.45, 2.75) is 13.0 Å². The van der Waals surface area contributed by atoms with Crippen LogP contribution < -0.4 is 5.32 Å². The molecule has 2 aromatic rings. The Morgan fingerprint density at radius 1 is 1.38 bits per heavy atom. The van der Waals surface area contributed by atoms with Crippen molar-refractivity contribution in [1.82, 2.24) is 0 Å². The molecule has 7 heteroatoms. The summed E-state index contributed by atoms with van der Waals surface area (Å²) < 4.78 is 13.9. The van der Waals surface area contributed by atoms with Crippen LogP contribution in [-0.2, 0) is 0 Å². The molecule has 4 nitrogen and oxygen atoms in total. The van der Waals surface area contributed by atoms with Gasteiger partial charge in [0.25, 0.3) is 5.69 Å². The first-order chi connectivity index (χ1) is 9.88. The lowest BCUT2D eigenvalue weighted by molar-refractivity contribution is -0.384. The predicted molar refractivity (Wildman–Crippen MR) is 89.3 cm³/mol. The van der Waals surface area contributed by atoms with Crippen molar-refractivity contribution in [1.29, 1.82) is 0 Å². The number of nitro benzene ring substituents is 1. The zero-order valence-corrected chi connectivity index (χ0v) is 13.9. The van der Waals surface area contributed by atoms with Crippen LogP contribution >= 0.6 is 34.2 Å². The standard InChI is InChI=1S/C14H11ClFIN2O2/c1-8(9-3-2-4-10(15)5-9)18-13-6-11(16)12(17)7-14(13)19(20)21/h2-8,18H,1H3. The summed E-state index contributed by atoms with van der Waals surface area (Å²) in [6.45, 7) is 1.82. The molecule has 0 saturated carbocycles. The van der Waals surface area contributed by atoms with Gasteiger partial charge >= 0.3 is 0 Å². The summed E-state index contributed by atoms with van der Waals surface area (Å²) in [6, 6.07) is 9.24. The first-order valence-corrected chi connectivity index (χ1v) is 7.49. The van der Waals surface area contributed by atoms with Gasteiger partial charge in [-0.3, -0.25) is 10.1 Å². The number of hydrogen-bond acceptors (Lipinski definition) is 3. The molecule has 0 bridgehead atoms. The number of benzene rings is 2. The fourth-order valence-electron chi connectivity index (χ4n) is 1.90. The molecule has 0 fully saturated rings. The van der Waals surface area contributed by atoms with Gasteiger partial charge in [-0.25, -0.2) is 4.39 Å². The molecule has 0 heterocycles. The minimum absolute atomic E-state index is 0.144. The lowest BCUT2D eigenvalue weighted by Gasteiger charge is -2.16. The molecule has 2 aromatic carbocycles. The van der Waals surface area contributed by atoms with Crippen molar-refractivity contribution in [3.63, 3.8) is 0 Å². The van der Waals surface area contributed by atoms with Crippen molar-refractivity contribution in [2.24, 2.45) is 0 Å². The SMILES string of the molecule is CC(Nc1cc(F)c(I)cc1[N+](=O)[O-])c1cccc(Cl)c1. The third-order valence-corrected chi connectivity index (χ3v) is 4.02. The van der Waals surface area contributed by atoms with Crippen LogP contribution in [0.25, 0.3) is 0 Å². The van der Waals surface area contributed by atoms with Crippen molar-refractivity contribution >= 4 is 45.6 Å². The minimum atomic E-state index is -0.533. The van der Waals surface area contributed by atoms with Crippen LogP contribution in [0.3, 0.4) is 0 Å². The third-order valence-electron chi connectivity index (χ3n) is 2.96. The molecule has 1 atom stereocenters. The monoisotopic (exact) mass is 420 g/mol. The van der Waals surface area contributed by atoms with Crippen molar-refractivity contribution in [3.8, 4) is 0 Å². The summed E-state index contributed by atoms with van der Waals surface area (Å²) in [5.74, 6) is -0.498. The number of nitro groups is 1. The lowest BCUT2D eigenvalue weighted by atomic mass is 10.1. The van der Waals surface area contributed by atoms with E-state index in [0.29, 0.717) is 5.02 Å². The zero-order chi connectivity index (χ0) is 15.6. The molecule has 0 spiro atoms. The molecule has 110 valence electrons. The highest BCUT2D eigenvalue weighted by Gasteiger charge is 2.19. The van der Waals surface area contributed by atoms with Gasteiger partial charge in [-0.15, -0.1) is 0 Å². The Labute approximate surface area is 139 Å². The summed E-state index contributed by atoms with van der Waals surface area (Å²) in [5, 5.41) is 14.6. The van der Waals surface area contributed by atoms with Gasteiger partial charge in [-0.2, -0.15) is 0 Å². The zero-order valence-electron chi connectivity index (χ0n) is 10.9. The Hall–Kier alpha value is -1.41. The lowest BCUT2D eigenvalue weighted by Crippen LogP contribution is -2.09. The molecule has 1 N–H and O–H groups in total. The molecule has 2 rings (SSSR count). The number of nitrogens with zero attached hydrogens (tertiary/aromatic N) is 1. The van der Waals surface area contributed by atoms with E-state index in [4.69, 9.17) is 11.6 Å². The van der Waals surface area contributed by atoms with Crippen molar-refractivity contribution in [3.05, 3.63) is 66.5 Å². The van der Waals surface area contributed by atoms with E-state index >= 15 is 0 Å².